The first-order valence-corrected chi connectivity index (χ1v) is 13.0. The molecule has 0 spiro atoms. The average Bonchev–Trinajstić information content (AvgIpc) is 2.82. The Balaban J connectivity index is 1.38. The molecule has 2 aromatic carbocycles. The van der Waals surface area contributed by atoms with Crippen LogP contribution < -0.4 is 4.72 Å². The van der Waals surface area contributed by atoms with E-state index in [-0.39, 0.29) is 5.91 Å². The van der Waals surface area contributed by atoms with Crippen molar-refractivity contribution < 1.29 is 4.79 Å². The van der Waals surface area contributed by atoms with Crippen LogP contribution in [0, 0.1) is 0 Å². The Labute approximate surface area is 194 Å². The molecule has 1 heterocycles. The van der Waals surface area contributed by atoms with Gasteiger partial charge in [-0.15, -0.1) is 0 Å². The minimum Gasteiger partial charge on any atom is -0.296 e. The normalized spacial score (nSPS) is 10.7. The van der Waals surface area contributed by atoms with Gasteiger partial charge in [-0.05, 0) is 35.2 Å². The summed E-state index contributed by atoms with van der Waals surface area (Å²) in [6.07, 6.45) is 6.54. The Kier molecular flexibility index (Phi) is 10.00. The van der Waals surface area contributed by atoms with Crippen molar-refractivity contribution in [3.8, 4) is 11.1 Å². The molecule has 3 nitrogen and oxygen atoms in total. The van der Waals surface area contributed by atoms with Crippen molar-refractivity contribution in [2.45, 2.75) is 44.1 Å². The molecule has 1 amide bonds. The number of amides is 1. The smallest absolute Gasteiger partial charge is 0.262 e. The van der Waals surface area contributed by atoms with Crippen LogP contribution in [0.15, 0.2) is 72.9 Å². The summed E-state index contributed by atoms with van der Waals surface area (Å²) in [7, 11) is 0. The van der Waals surface area contributed by atoms with Crippen LogP contribution in [-0.2, 0) is 11.5 Å². The van der Waals surface area contributed by atoms with Crippen molar-refractivity contribution >= 4 is 29.6 Å². The van der Waals surface area contributed by atoms with Gasteiger partial charge in [0, 0.05) is 23.5 Å². The van der Waals surface area contributed by atoms with E-state index in [2.05, 4.69) is 65.2 Å². The first-order valence-electron chi connectivity index (χ1n) is 10.9. The number of hydrogen-bond donors (Lipinski definition) is 1. The lowest BCUT2D eigenvalue weighted by Gasteiger charge is -2.06. The zero-order valence-electron chi connectivity index (χ0n) is 18.0. The molecule has 162 valence electrons. The van der Waals surface area contributed by atoms with E-state index in [0.29, 0.717) is 5.56 Å². The minimum absolute atomic E-state index is 0.0642. The maximum Gasteiger partial charge on any atom is 0.262 e. The van der Waals surface area contributed by atoms with Gasteiger partial charge in [-0.25, -0.2) is 0 Å². The highest BCUT2D eigenvalue weighted by molar-refractivity contribution is 7.98. The summed E-state index contributed by atoms with van der Waals surface area (Å²) in [5.41, 5.74) is 5.39. The molecular formula is C26H30N2OS2. The van der Waals surface area contributed by atoms with Crippen LogP contribution in [0.4, 0.5) is 0 Å². The van der Waals surface area contributed by atoms with E-state index in [9.17, 15) is 4.79 Å². The van der Waals surface area contributed by atoms with Gasteiger partial charge >= 0.3 is 0 Å². The van der Waals surface area contributed by atoms with Crippen molar-refractivity contribution in [1.29, 1.82) is 0 Å². The molecule has 0 unspecified atom stereocenters. The van der Waals surface area contributed by atoms with Crippen molar-refractivity contribution in [2.24, 2.45) is 0 Å². The van der Waals surface area contributed by atoms with Crippen LogP contribution in [0.5, 0.6) is 0 Å². The van der Waals surface area contributed by atoms with E-state index < -0.39 is 0 Å². The fraction of sp³-hybridized carbons (Fsp3) is 0.308. The fourth-order valence-corrected chi connectivity index (χ4v) is 4.73. The average molecular weight is 451 g/mol. The van der Waals surface area contributed by atoms with Crippen LogP contribution in [0.25, 0.3) is 11.1 Å². The second kappa shape index (κ2) is 13.2. The summed E-state index contributed by atoms with van der Waals surface area (Å²) in [4.78, 5) is 16.7. The zero-order valence-corrected chi connectivity index (χ0v) is 19.7. The lowest BCUT2D eigenvalue weighted by molar-refractivity contribution is 0.0984. The SMILES string of the molecule is CCCCCCSNC(=O)c1ccc(CSCc2ccc(-c3ccccc3)cc2)nc1. The number of nitrogens with zero attached hydrogens (tertiary/aromatic N) is 1. The lowest BCUT2D eigenvalue weighted by Crippen LogP contribution is -2.16. The molecule has 0 atom stereocenters. The Bertz CT molecular complexity index is 912. The Morgan fingerprint density at radius 2 is 1.65 bits per heavy atom. The van der Waals surface area contributed by atoms with Crippen LogP contribution >= 0.6 is 23.7 Å². The van der Waals surface area contributed by atoms with E-state index in [1.165, 1.54) is 47.9 Å². The molecule has 0 bridgehead atoms. The number of aromatic nitrogens is 1. The van der Waals surface area contributed by atoms with E-state index in [1.807, 2.05) is 30.0 Å². The number of hydrogen-bond acceptors (Lipinski definition) is 4. The second-order valence-electron chi connectivity index (χ2n) is 7.43. The van der Waals surface area contributed by atoms with Gasteiger partial charge in [0.2, 0.25) is 0 Å². The van der Waals surface area contributed by atoms with Crippen LogP contribution in [0.2, 0.25) is 0 Å². The van der Waals surface area contributed by atoms with Crippen LogP contribution in [0.1, 0.15) is 54.2 Å². The maximum absolute atomic E-state index is 12.2. The fourth-order valence-electron chi connectivity index (χ4n) is 3.12. The summed E-state index contributed by atoms with van der Waals surface area (Å²) in [6.45, 7) is 2.20. The first-order chi connectivity index (χ1) is 15.3. The summed E-state index contributed by atoms with van der Waals surface area (Å²) in [5, 5.41) is 0. The Morgan fingerprint density at radius 1 is 0.871 bits per heavy atom. The zero-order chi connectivity index (χ0) is 21.7. The molecule has 0 aliphatic heterocycles. The molecule has 31 heavy (non-hydrogen) atoms. The van der Waals surface area contributed by atoms with Crippen molar-refractivity contribution in [2.75, 3.05) is 5.75 Å². The van der Waals surface area contributed by atoms with Gasteiger partial charge < -0.3 is 0 Å². The topological polar surface area (TPSA) is 42.0 Å². The number of unbranched alkanes of at least 4 members (excludes halogenated alkanes) is 3. The number of benzene rings is 2. The molecule has 0 saturated heterocycles. The standard InChI is InChI=1S/C26H30N2OS2/c1-2-3-4-8-17-31-28-26(29)24-15-16-25(27-18-24)20-30-19-21-11-13-23(14-12-21)22-9-6-5-7-10-22/h5-7,9-16,18H,2-4,8,17,19-20H2,1H3,(H,28,29). The number of carbonyl (C=O) groups excluding carboxylic acids is 1. The largest absolute Gasteiger partial charge is 0.296 e. The summed E-state index contributed by atoms with van der Waals surface area (Å²) >= 11 is 3.32. The first kappa shape index (κ1) is 23.4. The molecule has 5 heteroatoms. The van der Waals surface area contributed by atoms with Gasteiger partial charge in [0.25, 0.3) is 5.91 Å². The van der Waals surface area contributed by atoms with Crippen LogP contribution in [-0.4, -0.2) is 16.6 Å². The molecule has 0 radical (unpaired) electrons. The van der Waals surface area contributed by atoms with Crippen molar-refractivity contribution in [3.63, 3.8) is 0 Å². The summed E-state index contributed by atoms with van der Waals surface area (Å²) in [5.74, 6) is 2.66. The van der Waals surface area contributed by atoms with Gasteiger partial charge in [-0.1, -0.05) is 92.7 Å². The summed E-state index contributed by atoms with van der Waals surface area (Å²) in [6, 6.07) is 23.0. The molecular weight excluding hydrogens is 420 g/mol. The summed E-state index contributed by atoms with van der Waals surface area (Å²) < 4.78 is 2.91. The molecule has 1 aromatic heterocycles. The molecule has 0 aliphatic carbocycles. The van der Waals surface area contributed by atoms with Crippen LogP contribution in [0.3, 0.4) is 0 Å². The highest BCUT2D eigenvalue weighted by Crippen LogP contribution is 2.22. The number of pyridine rings is 1. The predicted molar refractivity (Wildman–Crippen MR) is 135 cm³/mol. The van der Waals surface area contributed by atoms with Gasteiger partial charge in [0.15, 0.2) is 0 Å². The third-order valence-corrected chi connectivity index (χ3v) is 6.79. The van der Waals surface area contributed by atoms with Gasteiger partial charge in [0.05, 0.1) is 11.3 Å². The Hall–Kier alpha value is -2.24. The third-order valence-electron chi connectivity index (χ3n) is 4.93. The molecule has 0 aliphatic rings. The molecule has 3 rings (SSSR count). The second-order valence-corrected chi connectivity index (χ2v) is 9.32. The number of rotatable bonds is 12. The molecule has 0 fully saturated rings. The van der Waals surface area contributed by atoms with Crippen molar-refractivity contribution in [1.82, 2.24) is 9.71 Å². The maximum atomic E-state index is 12.2. The quantitative estimate of drug-likeness (QED) is 0.235. The monoisotopic (exact) mass is 450 g/mol. The van der Waals surface area contributed by atoms with Gasteiger partial charge in [-0.2, -0.15) is 11.8 Å². The van der Waals surface area contributed by atoms with E-state index in [0.717, 1.165) is 29.4 Å². The lowest BCUT2D eigenvalue weighted by atomic mass is 10.0. The van der Waals surface area contributed by atoms with E-state index >= 15 is 0 Å². The molecule has 0 saturated carbocycles. The van der Waals surface area contributed by atoms with Gasteiger partial charge in [-0.3, -0.25) is 14.5 Å². The number of thioether (sulfide) groups is 1. The van der Waals surface area contributed by atoms with E-state index in [1.54, 1.807) is 6.20 Å². The molecule has 1 N–H and O–H groups in total. The predicted octanol–water partition coefficient (Wildman–Crippen LogP) is 7.14. The molecule has 3 aromatic rings. The highest BCUT2D eigenvalue weighted by atomic mass is 32.2. The minimum atomic E-state index is -0.0642. The van der Waals surface area contributed by atoms with Crippen molar-refractivity contribution in [3.05, 3.63) is 89.7 Å². The highest BCUT2D eigenvalue weighted by Gasteiger charge is 2.06. The third kappa shape index (κ3) is 8.08. The van der Waals surface area contributed by atoms with Gasteiger partial charge in [0.1, 0.15) is 0 Å². The number of nitrogens with one attached hydrogen (secondary N) is 1. The van der Waals surface area contributed by atoms with E-state index in [4.69, 9.17) is 0 Å². The Morgan fingerprint density at radius 3 is 2.35 bits per heavy atom. The number of carbonyl (C=O) groups is 1.